The highest BCUT2D eigenvalue weighted by atomic mass is 16.4. The standard InChI is InChI=1S/C46H59N7O6/c1-7-30(2)40(53-25-24-52(45(53)59)29-35-17-13-14-31(3)48-35)42(55)49-36(26-32-15-9-8-10-16-32)28-39(54)38(50-43(56)41(46(4,5)6)51-44(57)58)27-33-19-21-34(22-20-33)37-18-11-12-23-47-37/h8-23,30,36,38-41,51,54H,7,24-29H2,1-6H3,(H,49,55)(H,50,56)(H,57,58)/t30?,36-,38-,39+,40-,41+/m0/s1. The topological polar surface area (TPSA) is 177 Å². The number of aryl methyl sites for hydroxylation is 1. The molecule has 0 spiro atoms. The number of aliphatic hydroxyl groups excluding tert-OH is 1. The van der Waals surface area contributed by atoms with Gasteiger partial charge in [0.15, 0.2) is 0 Å². The van der Waals surface area contributed by atoms with E-state index in [9.17, 15) is 29.4 Å². The minimum absolute atomic E-state index is 0.0521. The van der Waals surface area contributed by atoms with Crippen molar-refractivity contribution in [2.75, 3.05) is 13.1 Å². The smallest absolute Gasteiger partial charge is 0.405 e. The molecule has 5 amide bonds. The Balaban J connectivity index is 1.41. The van der Waals surface area contributed by atoms with Crippen LogP contribution >= 0.6 is 0 Å². The van der Waals surface area contributed by atoms with Gasteiger partial charge < -0.3 is 36.0 Å². The summed E-state index contributed by atoms with van der Waals surface area (Å²) in [7, 11) is 0. The van der Waals surface area contributed by atoms with Crippen molar-refractivity contribution in [3.8, 4) is 11.3 Å². The lowest BCUT2D eigenvalue weighted by atomic mass is 9.85. The second kappa shape index (κ2) is 20.2. The highest BCUT2D eigenvalue weighted by Crippen LogP contribution is 2.25. The zero-order chi connectivity index (χ0) is 42.7. The summed E-state index contributed by atoms with van der Waals surface area (Å²) in [6, 6.07) is 25.1. The molecule has 3 heterocycles. The Morgan fingerprint density at radius 2 is 1.53 bits per heavy atom. The SMILES string of the molecule is CCC(C)[C@@H](C(=O)N[C@@H](Cc1ccccc1)C[C@@H](O)[C@H](Cc1ccc(-c2ccccn2)cc1)NC(=O)[C@@H](NC(=O)O)C(C)(C)C)N1CCN(Cc2cccc(C)n2)C1=O. The Morgan fingerprint density at radius 1 is 0.831 bits per heavy atom. The predicted molar refractivity (Wildman–Crippen MR) is 227 cm³/mol. The molecule has 1 saturated heterocycles. The number of amides is 5. The summed E-state index contributed by atoms with van der Waals surface area (Å²) in [5.74, 6) is -1.07. The van der Waals surface area contributed by atoms with Crippen molar-refractivity contribution in [3.05, 3.63) is 120 Å². The molecular formula is C46H59N7O6. The molecule has 0 aliphatic carbocycles. The Morgan fingerprint density at radius 3 is 2.15 bits per heavy atom. The van der Waals surface area contributed by atoms with Crippen molar-refractivity contribution in [2.45, 2.75) is 104 Å². The Kier molecular flexibility index (Phi) is 15.2. The fourth-order valence-electron chi connectivity index (χ4n) is 7.60. The molecule has 1 aliphatic rings. The third-order valence-electron chi connectivity index (χ3n) is 11.0. The van der Waals surface area contributed by atoms with Crippen LogP contribution < -0.4 is 16.0 Å². The van der Waals surface area contributed by atoms with Crippen LogP contribution in [0.4, 0.5) is 9.59 Å². The van der Waals surface area contributed by atoms with Crippen LogP contribution in [0.3, 0.4) is 0 Å². The van der Waals surface area contributed by atoms with Crippen molar-refractivity contribution >= 4 is 23.9 Å². The van der Waals surface area contributed by atoms with Crippen LogP contribution in [0.15, 0.2) is 97.2 Å². The summed E-state index contributed by atoms with van der Waals surface area (Å²) in [6.45, 7) is 12.3. The number of aliphatic hydroxyl groups is 1. The van der Waals surface area contributed by atoms with Gasteiger partial charge in [-0.15, -0.1) is 0 Å². The van der Waals surface area contributed by atoms with Crippen molar-refractivity contribution < 1.29 is 29.4 Å². The highest BCUT2D eigenvalue weighted by molar-refractivity contribution is 5.88. The average molecular weight is 806 g/mol. The molecule has 0 saturated carbocycles. The van der Waals surface area contributed by atoms with Gasteiger partial charge in [0.1, 0.15) is 12.1 Å². The molecule has 13 nitrogen and oxygen atoms in total. The molecule has 4 aromatic rings. The van der Waals surface area contributed by atoms with Crippen molar-refractivity contribution in [1.82, 2.24) is 35.7 Å². The monoisotopic (exact) mass is 805 g/mol. The van der Waals surface area contributed by atoms with E-state index in [0.29, 0.717) is 32.5 Å². The molecule has 5 N–H and O–H groups in total. The summed E-state index contributed by atoms with van der Waals surface area (Å²) >= 11 is 0. The minimum Gasteiger partial charge on any atom is -0.465 e. The first kappa shape index (κ1) is 44.3. The van der Waals surface area contributed by atoms with Gasteiger partial charge in [-0.25, -0.2) is 9.59 Å². The molecule has 1 fully saturated rings. The first-order valence-corrected chi connectivity index (χ1v) is 20.4. The first-order chi connectivity index (χ1) is 28.1. The van der Waals surface area contributed by atoms with Crippen LogP contribution in [0.25, 0.3) is 11.3 Å². The van der Waals surface area contributed by atoms with Crippen LogP contribution in [-0.4, -0.2) is 97.3 Å². The lowest BCUT2D eigenvalue weighted by Gasteiger charge is -2.35. The van der Waals surface area contributed by atoms with Gasteiger partial charge in [-0.05, 0) is 72.9 Å². The van der Waals surface area contributed by atoms with Gasteiger partial charge >= 0.3 is 12.1 Å². The van der Waals surface area contributed by atoms with E-state index in [4.69, 9.17) is 0 Å². The van der Waals surface area contributed by atoms with Gasteiger partial charge in [0, 0.05) is 36.6 Å². The van der Waals surface area contributed by atoms with Crippen LogP contribution in [-0.2, 0) is 29.0 Å². The zero-order valence-corrected chi connectivity index (χ0v) is 35.0. The molecule has 6 atom stereocenters. The normalized spacial score (nSPS) is 16.1. The summed E-state index contributed by atoms with van der Waals surface area (Å²) in [6.07, 6.45) is 0.503. The maximum atomic E-state index is 14.5. The molecule has 314 valence electrons. The molecule has 0 radical (unpaired) electrons. The van der Waals surface area contributed by atoms with Gasteiger partial charge in [0.2, 0.25) is 11.8 Å². The number of rotatable bonds is 18. The summed E-state index contributed by atoms with van der Waals surface area (Å²) in [4.78, 5) is 66.4. The Hall–Kier alpha value is -5.82. The number of hydrogen-bond donors (Lipinski definition) is 5. The molecule has 1 unspecified atom stereocenters. The largest absolute Gasteiger partial charge is 0.465 e. The van der Waals surface area contributed by atoms with Gasteiger partial charge in [0.05, 0.1) is 30.1 Å². The molecule has 2 aromatic carbocycles. The van der Waals surface area contributed by atoms with Gasteiger partial charge in [-0.1, -0.05) is 108 Å². The lowest BCUT2D eigenvalue weighted by Crippen LogP contribution is -2.58. The van der Waals surface area contributed by atoms with Crippen LogP contribution in [0, 0.1) is 18.3 Å². The number of aromatic nitrogens is 2. The number of carbonyl (C=O) groups is 4. The molecule has 13 heteroatoms. The van der Waals surface area contributed by atoms with Crippen LogP contribution in [0.1, 0.15) is 70.0 Å². The van der Waals surface area contributed by atoms with E-state index in [2.05, 4.69) is 25.9 Å². The molecule has 5 rings (SSSR count). The van der Waals surface area contributed by atoms with Gasteiger partial charge in [-0.2, -0.15) is 0 Å². The number of urea groups is 1. The van der Waals surface area contributed by atoms with E-state index in [0.717, 1.165) is 33.8 Å². The van der Waals surface area contributed by atoms with E-state index in [1.54, 1.807) is 36.8 Å². The molecule has 59 heavy (non-hydrogen) atoms. The number of hydrogen-bond acceptors (Lipinski definition) is 7. The molecule has 1 aliphatic heterocycles. The summed E-state index contributed by atoms with van der Waals surface area (Å²) in [5, 5.41) is 30.3. The summed E-state index contributed by atoms with van der Waals surface area (Å²) in [5.41, 5.74) is 4.33. The van der Waals surface area contributed by atoms with E-state index in [1.807, 2.05) is 112 Å². The minimum atomic E-state index is -1.34. The third-order valence-corrected chi connectivity index (χ3v) is 11.0. The quantitative estimate of drug-likeness (QED) is 0.0815. The fourth-order valence-corrected chi connectivity index (χ4v) is 7.60. The fraction of sp³-hybridized carbons (Fsp3) is 0.435. The lowest BCUT2D eigenvalue weighted by molar-refractivity contribution is -0.129. The number of benzene rings is 2. The first-order valence-electron chi connectivity index (χ1n) is 20.4. The van der Waals surface area contributed by atoms with Crippen LogP contribution in [0.2, 0.25) is 0 Å². The second-order valence-corrected chi connectivity index (χ2v) is 16.7. The van der Waals surface area contributed by atoms with E-state index in [1.165, 1.54) is 0 Å². The van der Waals surface area contributed by atoms with E-state index in [-0.39, 0.29) is 30.7 Å². The predicted octanol–water partition coefficient (Wildman–Crippen LogP) is 5.99. The second-order valence-electron chi connectivity index (χ2n) is 16.7. The zero-order valence-electron chi connectivity index (χ0n) is 35.0. The number of nitrogens with one attached hydrogen (secondary N) is 3. The van der Waals surface area contributed by atoms with Crippen molar-refractivity contribution in [1.29, 1.82) is 0 Å². The third kappa shape index (κ3) is 12.3. The molecule has 0 bridgehead atoms. The van der Waals surface area contributed by atoms with Crippen LogP contribution in [0.5, 0.6) is 0 Å². The van der Waals surface area contributed by atoms with Gasteiger partial charge in [0.25, 0.3) is 0 Å². The number of nitrogens with zero attached hydrogens (tertiary/aromatic N) is 4. The molecular weight excluding hydrogens is 747 g/mol. The van der Waals surface area contributed by atoms with Gasteiger partial charge in [-0.3, -0.25) is 19.6 Å². The number of carboxylic acid groups (broad SMARTS) is 1. The van der Waals surface area contributed by atoms with E-state index < -0.39 is 47.7 Å². The average Bonchev–Trinajstić information content (AvgIpc) is 3.55. The van der Waals surface area contributed by atoms with E-state index >= 15 is 0 Å². The number of pyridine rings is 2. The number of carbonyl (C=O) groups excluding carboxylic acids is 3. The highest BCUT2D eigenvalue weighted by Gasteiger charge is 2.41. The van der Waals surface area contributed by atoms with Crippen molar-refractivity contribution in [2.24, 2.45) is 11.3 Å². The molecule has 2 aromatic heterocycles. The van der Waals surface area contributed by atoms with Crippen molar-refractivity contribution in [3.63, 3.8) is 0 Å². The maximum absolute atomic E-state index is 14.5. The summed E-state index contributed by atoms with van der Waals surface area (Å²) < 4.78 is 0. The Labute approximate surface area is 347 Å². The Bertz CT molecular complexity index is 2010. The maximum Gasteiger partial charge on any atom is 0.405 e.